The zero-order valence-corrected chi connectivity index (χ0v) is 11.4. The number of Topliss-reactive ketones (excluding diaryl/α,β-unsaturated/α-hetero) is 1. The summed E-state index contributed by atoms with van der Waals surface area (Å²) in [6.45, 7) is 1.02. The highest BCUT2D eigenvalue weighted by molar-refractivity contribution is 9.10. The highest BCUT2D eigenvalue weighted by Gasteiger charge is 2.22. The maximum atomic E-state index is 12.1. The minimum atomic E-state index is -0.0464. The van der Waals surface area contributed by atoms with Crippen LogP contribution in [0.2, 0.25) is 5.02 Å². The molecule has 0 N–H and O–H groups in total. The molecule has 0 atom stereocenters. The quantitative estimate of drug-likeness (QED) is 0.799. The Labute approximate surface area is 113 Å². The van der Waals surface area contributed by atoms with Crippen LogP contribution >= 0.6 is 27.5 Å². The van der Waals surface area contributed by atoms with Crippen LogP contribution in [0.15, 0.2) is 22.7 Å². The molecule has 2 rings (SSSR count). The molecule has 1 saturated heterocycles. The van der Waals surface area contributed by atoms with Crippen molar-refractivity contribution in [1.29, 1.82) is 0 Å². The number of benzene rings is 1. The van der Waals surface area contributed by atoms with Crippen LogP contribution in [0.4, 0.5) is 0 Å². The van der Waals surface area contributed by atoms with Gasteiger partial charge in [0.1, 0.15) is 5.78 Å². The van der Waals surface area contributed by atoms with Crippen molar-refractivity contribution >= 4 is 39.2 Å². The van der Waals surface area contributed by atoms with Crippen LogP contribution < -0.4 is 0 Å². The maximum absolute atomic E-state index is 12.1. The van der Waals surface area contributed by atoms with Gasteiger partial charge in [-0.05, 0) is 34.1 Å². The van der Waals surface area contributed by atoms with E-state index in [1.165, 1.54) is 0 Å². The molecule has 0 spiro atoms. The van der Waals surface area contributed by atoms with Gasteiger partial charge in [-0.1, -0.05) is 11.6 Å². The van der Waals surface area contributed by atoms with E-state index < -0.39 is 0 Å². The van der Waals surface area contributed by atoms with Crippen molar-refractivity contribution in [3.05, 3.63) is 33.3 Å². The standard InChI is InChI=1S/C12H11BrClNO2/c13-10-7-8(1-2-11(10)14)12(17)15-5-3-9(16)4-6-15/h1-2,7H,3-6H2. The number of nitrogens with zero attached hydrogens (tertiary/aromatic N) is 1. The molecular weight excluding hydrogens is 305 g/mol. The number of amides is 1. The van der Waals surface area contributed by atoms with Gasteiger partial charge in [-0.25, -0.2) is 0 Å². The third-order valence-electron chi connectivity index (χ3n) is 2.77. The first-order valence-corrected chi connectivity index (χ1v) is 6.51. The second kappa shape index (κ2) is 5.19. The van der Waals surface area contributed by atoms with E-state index in [9.17, 15) is 9.59 Å². The average molecular weight is 317 g/mol. The molecule has 1 aliphatic rings. The lowest BCUT2D eigenvalue weighted by atomic mass is 10.1. The van der Waals surface area contributed by atoms with E-state index in [1.807, 2.05) is 0 Å². The number of rotatable bonds is 1. The van der Waals surface area contributed by atoms with Gasteiger partial charge in [-0.2, -0.15) is 0 Å². The summed E-state index contributed by atoms with van der Waals surface area (Å²) >= 11 is 9.16. The van der Waals surface area contributed by atoms with Crippen molar-refractivity contribution < 1.29 is 9.59 Å². The Hall–Kier alpha value is -0.870. The number of halogens is 2. The minimum Gasteiger partial charge on any atom is -0.338 e. The Balaban J connectivity index is 2.14. The molecule has 1 aromatic carbocycles. The predicted molar refractivity (Wildman–Crippen MR) is 69.3 cm³/mol. The van der Waals surface area contributed by atoms with Crippen LogP contribution in [0.3, 0.4) is 0 Å². The monoisotopic (exact) mass is 315 g/mol. The first-order valence-electron chi connectivity index (χ1n) is 5.34. The van der Waals surface area contributed by atoms with Crippen molar-refractivity contribution in [2.75, 3.05) is 13.1 Å². The van der Waals surface area contributed by atoms with Crippen molar-refractivity contribution in [2.24, 2.45) is 0 Å². The number of piperidine rings is 1. The second-order valence-electron chi connectivity index (χ2n) is 3.96. The summed E-state index contributed by atoms with van der Waals surface area (Å²) in [4.78, 5) is 24.9. The first-order chi connectivity index (χ1) is 8.08. The summed E-state index contributed by atoms with van der Waals surface area (Å²) in [6.07, 6.45) is 0.918. The largest absolute Gasteiger partial charge is 0.338 e. The van der Waals surface area contributed by atoms with Crippen LogP contribution in [-0.2, 0) is 4.79 Å². The fourth-order valence-electron chi connectivity index (χ4n) is 1.77. The van der Waals surface area contributed by atoms with E-state index in [1.54, 1.807) is 23.1 Å². The van der Waals surface area contributed by atoms with E-state index in [2.05, 4.69) is 15.9 Å². The van der Waals surface area contributed by atoms with Crippen LogP contribution in [0, 0.1) is 0 Å². The highest BCUT2D eigenvalue weighted by Crippen LogP contribution is 2.24. The number of carbonyl (C=O) groups is 2. The summed E-state index contributed by atoms with van der Waals surface area (Å²) in [6, 6.07) is 5.10. The van der Waals surface area contributed by atoms with Gasteiger partial charge in [0.25, 0.3) is 5.91 Å². The summed E-state index contributed by atoms with van der Waals surface area (Å²) in [5, 5.41) is 0.579. The molecule has 3 nitrogen and oxygen atoms in total. The molecule has 0 aliphatic carbocycles. The number of carbonyl (C=O) groups excluding carboxylic acids is 2. The van der Waals surface area contributed by atoms with E-state index in [0.29, 0.717) is 41.0 Å². The van der Waals surface area contributed by atoms with Gasteiger partial charge in [-0.3, -0.25) is 9.59 Å². The summed E-state index contributed by atoms with van der Waals surface area (Å²) in [5.74, 6) is 0.182. The highest BCUT2D eigenvalue weighted by atomic mass is 79.9. The zero-order chi connectivity index (χ0) is 12.4. The van der Waals surface area contributed by atoms with Crippen molar-refractivity contribution in [3.8, 4) is 0 Å². The topological polar surface area (TPSA) is 37.4 Å². The van der Waals surface area contributed by atoms with Crippen molar-refractivity contribution in [3.63, 3.8) is 0 Å². The molecule has 5 heteroatoms. The van der Waals surface area contributed by atoms with Crippen molar-refractivity contribution in [2.45, 2.75) is 12.8 Å². The number of hydrogen-bond donors (Lipinski definition) is 0. The fraction of sp³-hybridized carbons (Fsp3) is 0.333. The van der Waals surface area contributed by atoms with Gasteiger partial charge in [0, 0.05) is 36.0 Å². The molecule has 1 aromatic rings. The SMILES string of the molecule is O=C1CCN(C(=O)c2ccc(Cl)c(Br)c2)CC1. The molecule has 1 fully saturated rings. The van der Waals surface area contributed by atoms with E-state index in [4.69, 9.17) is 11.6 Å². The van der Waals surface area contributed by atoms with Crippen molar-refractivity contribution in [1.82, 2.24) is 4.90 Å². The van der Waals surface area contributed by atoms with Crippen LogP contribution in [-0.4, -0.2) is 29.7 Å². The summed E-state index contributed by atoms with van der Waals surface area (Å²) in [5.41, 5.74) is 0.593. The molecule has 90 valence electrons. The van der Waals surface area contributed by atoms with Crippen LogP contribution in [0.1, 0.15) is 23.2 Å². The molecule has 0 radical (unpaired) electrons. The van der Waals surface area contributed by atoms with E-state index in [-0.39, 0.29) is 11.7 Å². The van der Waals surface area contributed by atoms with Crippen LogP contribution in [0.25, 0.3) is 0 Å². The maximum Gasteiger partial charge on any atom is 0.253 e. The predicted octanol–water partition coefficient (Wildman–Crippen LogP) is 2.91. The molecule has 1 amide bonds. The lowest BCUT2D eigenvalue weighted by Crippen LogP contribution is -2.38. The minimum absolute atomic E-state index is 0.0464. The third kappa shape index (κ3) is 2.87. The van der Waals surface area contributed by atoms with E-state index in [0.717, 1.165) is 0 Å². The molecular formula is C12H11BrClNO2. The zero-order valence-electron chi connectivity index (χ0n) is 9.08. The molecule has 17 heavy (non-hydrogen) atoms. The van der Waals surface area contributed by atoms with Gasteiger partial charge < -0.3 is 4.90 Å². The molecule has 0 bridgehead atoms. The molecule has 0 saturated carbocycles. The Kier molecular flexibility index (Phi) is 3.84. The van der Waals surface area contributed by atoms with Gasteiger partial charge in [-0.15, -0.1) is 0 Å². The number of ketones is 1. The fourth-order valence-corrected chi connectivity index (χ4v) is 2.27. The first kappa shape index (κ1) is 12.6. The number of hydrogen-bond acceptors (Lipinski definition) is 2. The molecule has 0 unspecified atom stereocenters. The lowest BCUT2D eigenvalue weighted by Gasteiger charge is -2.26. The number of likely N-dealkylation sites (tertiary alicyclic amines) is 1. The van der Waals surface area contributed by atoms with Crippen LogP contribution in [0.5, 0.6) is 0 Å². The molecule has 1 heterocycles. The second-order valence-corrected chi connectivity index (χ2v) is 5.22. The summed E-state index contributed by atoms with van der Waals surface area (Å²) in [7, 11) is 0. The van der Waals surface area contributed by atoms with Gasteiger partial charge in [0.2, 0.25) is 0 Å². The Bertz CT molecular complexity index is 466. The van der Waals surface area contributed by atoms with Gasteiger partial charge in [0.05, 0.1) is 5.02 Å². The smallest absolute Gasteiger partial charge is 0.253 e. The summed E-state index contributed by atoms with van der Waals surface area (Å²) < 4.78 is 0.707. The normalized spacial score (nSPS) is 16.1. The Morgan fingerprint density at radius 3 is 2.53 bits per heavy atom. The average Bonchev–Trinajstić information content (AvgIpc) is 2.33. The van der Waals surface area contributed by atoms with Gasteiger partial charge >= 0.3 is 0 Å². The molecule has 0 aromatic heterocycles. The Morgan fingerprint density at radius 2 is 1.94 bits per heavy atom. The molecule has 1 aliphatic heterocycles. The lowest BCUT2D eigenvalue weighted by molar-refractivity contribution is -0.120. The Morgan fingerprint density at radius 1 is 1.29 bits per heavy atom. The van der Waals surface area contributed by atoms with E-state index >= 15 is 0 Å². The third-order valence-corrected chi connectivity index (χ3v) is 3.99. The van der Waals surface area contributed by atoms with Gasteiger partial charge in [0.15, 0.2) is 0 Å².